The van der Waals surface area contributed by atoms with E-state index in [1.54, 1.807) is 6.92 Å². The molecule has 12 nitrogen and oxygen atoms in total. The minimum atomic E-state index is -1.57. The summed E-state index contributed by atoms with van der Waals surface area (Å²) < 4.78 is 30.3. The van der Waals surface area contributed by atoms with Gasteiger partial charge in [-0.1, -0.05) is 6.58 Å². The number of hydrogen-bond donors (Lipinski definition) is 7. The van der Waals surface area contributed by atoms with E-state index in [1.165, 1.54) is 13.0 Å². The minimum absolute atomic E-state index is 0.0504. The Labute approximate surface area is 199 Å². The number of rotatable bonds is 15. The molecular weight excluding hydrogens is 451 g/mol. The van der Waals surface area contributed by atoms with Crippen LogP contribution in [0.1, 0.15) is 33.1 Å². The Morgan fingerprint density at radius 1 is 1.24 bits per heavy atom. The summed E-state index contributed by atoms with van der Waals surface area (Å²) in [5, 5.41) is 29.0. The van der Waals surface area contributed by atoms with Gasteiger partial charge in [-0.15, -0.1) is 0 Å². The van der Waals surface area contributed by atoms with E-state index >= 15 is 0 Å². The summed E-state index contributed by atoms with van der Waals surface area (Å²) in [5.74, 6) is -0.207. The van der Waals surface area contributed by atoms with E-state index in [1.807, 2.05) is 0 Å². The van der Waals surface area contributed by atoms with Crippen molar-refractivity contribution < 1.29 is 33.9 Å². The van der Waals surface area contributed by atoms with Gasteiger partial charge in [-0.25, -0.2) is 4.39 Å². The highest BCUT2D eigenvalue weighted by molar-refractivity contribution is 5.85. The normalized spacial score (nSPS) is 27.5. The lowest BCUT2D eigenvalue weighted by Gasteiger charge is -2.36. The third kappa shape index (κ3) is 10.3. The van der Waals surface area contributed by atoms with Gasteiger partial charge >= 0.3 is 0 Å². The average Bonchev–Trinajstić information content (AvgIpc) is 2.81. The number of hydrogen-bond acceptors (Lipinski definition) is 10. The molecule has 11 N–H and O–H groups in total. The lowest BCUT2D eigenvalue weighted by Crippen LogP contribution is -2.48. The van der Waals surface area contributed by atoms with Crippen LogP contribution in [0.2, 0.25) is 0 Å². The maximum atomic E-state index is 12.7. The molecule has 13 heteroatoms. The van der Waals surface area contributed by atoms with Crippen LogP contribution < -0.4 is 22.9 Å². The molecule has 1 aliphatic heterocycles. The Kier molecular flexibility index (Phi) is 13.7. The summed E-state index contributed by atoms with van der Waals surface area (Å²) in [4.78, 5) is 8.22. The highest BCUT2D eigenvalue weighted by Crippen LogP contribution is 2.23. The van der Waals surface area contributed by atoms with Gasteiger partial charge in [0.05, 0.1) is 36.9 Å². The number of halogens is 1. The molecule has 9 atom stereocenters. The molecule has 1 fully saturated rings. The van der Waals surface area contributed by atoms with Crippen molar-refractivity contribution in [2.45, 2.75) is 88.3 Å². The topological polar surface area (TPSA) is 217 Å². The van der Waals surface area contributed by atoms with Crippen molar-refractivity contribution in [3.8, 4) is 0 Å². The molecule has 0 amide bonds. The smallest absolute Gasteiger partial charge is 0.174 e. The zero-order valence-corrected chi connectivity index (χ0v) is 19.9. The predicted molar refractivity (Wildman–Crippen MR) is 127 cm³/mol. The Hall–Kier alpha value is -1.71. The third-order valence-electron chi connectivity index (χ3n) is 5.32. The van der Waals surface area contributed by atoms with E-state index in [4.69, 9.17) is 37.1 Å². The standard InChI is InChI=1S/C21H41FN6O6/c1-4-18(31)34-17(15(9-23)28-20(26)16(30)8-22)7-11(2)32-21-14(24)6-5-13(33-21)10-27-19(25)12(3)29/h4,11-18,21,29-31H,1,5-10,23-24H2,2-3H3,(H2,25,27)(H2,26,28). The van der Waals surface area contributed by atoms with Crippen LogP contribution in [-0.4, -0.2) is 102 Å². The number of alkyl halides is 1. The zero-order chi connectivity index (χ0) is 25.8. The summed E-state index contributed by atoms with van der Waals surface area (Å²) in [6, 6.07) is -1.18. The van der Waals surface area contributed by atoms with Crippen LogP contribution >= 0.6 is 0 Å². The SMILES string of the molecule is C=CC(O)OC(CC(C)OC1OC(CN=C(N)C(C)O)CCC1N)C(CN)N=C(N)C(O)CF. The molecule has 0 aromatic rings. The van der Waals surface area contributed by atoms with Crippen LogP contribution in [0.3, 0.4) is 0 Å². The number of aliphatic imine (C=N–C) groups is 2. The van der Waals surface area contributed by atoms with Crippen molar-refractivity contribution in [2.24, 2.45) is 32.9 Å². The first-order valence-electron chi connectivity index (χ1n) is 11.3. The van der Waals surface area contributed by atoms with Crippen molar-refractivity contribution in [1.82, 2.24) is 0 Å². The molecule has 1 heterocycles. The number of aliphatic hydroxyl groups is 3. The van der Waals surface area contributed by atoms with E-state index in [0.717, 1.165) is 0 Å². The van der Waals surface area contributed by atoms with Gasteiger partial charge in [-0.3, -0.25) is 9.98 Å². The molecule has 34 heavy (non-hydrogen) atoms. The molecule has 198 valence electrons. The Bertz CT molecular complexity index is 670. The molecule has 0 bridgehead atoms. The Morgan fingerprint density at radius 2 is 1.91 bits per heavy atom. The lowest BCUT2D eigenvalue weighted by atomic mass is 10.0. The molecule has 1 aliphatic rings. The van der Waals surface area contributed by atoms with Gasteiger partial charge in [0.25, 0.3) is 0 Å². The monoisotopic (exact) mass is 492 g/mol. The number of nitrogens with two attached hydrogens (primary N) is 4. The molecule has 0 aromatic heterocycles. The number of nitrogens with zero attached hydrogens (tertiary/aromatic N) is 2. The average molecular weight is 493 g/mol. The van der Waals surface area contributed by atoms with Crippen LogP contribution in [0.15, 0.2) is 22.6 Å². The molecule has 1 saturated heterocycles. The second kappa shape index (κ2) is 15.3. The predicted octanol–water partition coefficient (Wildman–Crippen LogP) is -1.74. The Balaban J connectivity index is 2.87. The van der Waals surface area contributed by atoms with E-state index in [2.05, 4.69) is 16.6 Å². The third-order valence-corrected chi connectivity index (χ3v) is 5.32. The Morgan fingerprint density at radius 3 is 2.47 bits per heavy atom. The molecule has 1 rings (SSSR count). The quantitative estimate of drug-likeness (QED) is 0.0592. The molecule has 0 spiro atoms. The molecule has 0 saturated carbocycles. The molecule has 0 aliphatic carbocycles. The van der Waals surface area contributed by atoms with E-state index in [9.17, 15) is 19.7 Å². The van der Waals surface area contributed by atoms with E-state index in [0.29, 0.717) is 12.8 Å². The first kappa shape index (κ1) is 30.3. The van der Waals surface area contributed by atoms with Crippen molar-refractivity contribution in [3.63, 3.8) is 0 Å². The van der Waals surface area contributed by atoms with Gasteiger partial charge in [-0.2, -0.15) is 0 Å². The van der Waals surface area contributed by atoms with Crippen molar-refractivity contribution in [2.75, 3.05) is 19.8 Å². The largest absolute Gasteiger partial charge is 0.386 e. The zero-order valence-electron chi connectivity index (χ0n) is 19.9. The summed E-state index contributed by atoms with van der Waals surface area (Å²) in [6.07, 6.45) is -3.38. The fraction of sp³-hybridized carbons (Fsp3) is 0.810. The molecule has 0 radical (unpaired) electrons. The number of ether oxygens (including phenoxy) is 3. The lowest BCUT2D eigenvalue weighted by molar-refractivity contribution is -0.224. The van der Waals surface area contributed by atoms with Crippen molar-refractivity contribution >= 4 is 11.7 Å². The summed E-state index contributed by atoms with van der Waals surface area (Å²) >= 11 is 0. The van der Waals surface area contributed by atoms with Crippen molar-refractivity contribution in [3.05, 3.63) is 12.7 Å². The highest BCUT2D eigenvalue weighted by atomic mass is 19.1. The van der Waals surface area contributed by atoms with E-state index in [-0.39, 0.29) is 43.3 Å². The van der Waals surface area contributed by atoms with Crippen LogP contribution in [0, 0.1) is 0 Å². The van der Waals surface area contributed by atoms with Crippen LogP contribution in [-0.2, 0) is 14.2 Å². The maximum Gasteiger partial charge on any atom is 0.174 e. The fourth-order valence-electron chi connectivity index (χ4n) is 3.27. The van der Waals surface area contributed by atoms with Gasteiger partial charge in [0.15, 0.2) is 12.6 Å². The van der Waals surface area contributed by atoms with Gasteiger partial charge in [0, 0.05) is 13.0 Å². The van der Waals surface area contributed by atoms with Crippen LogP contribution in [0.4, 0.5) is 4.39 Å². The first-order chi connectivity index (χ1) is 16.0. The fourth-order valence-corrected chi connectivity index (χ4v) is 3.27. The number of amidine groups is 2. The van der Waals surface area contributed by atoms with Crippen LogP contribution in [0.25, 0.3) is 0 Å². The van der Waals surface area contributed by atoms with Crippen LogP contribution in [0.5, 0.6) is 0 Å². The second-order valence-corrected chi connectivity index (χ2v) is 8.32. The van der Waals surface area contributed by atoms with Crippen molar-refractivity contribution in [1.29, 1.82) is 0 Å². The van der Waals surface area contributed by atoms with Gasteiger partial charge in [-0.05, 0) is 32.8 Å². The first-order valence-corrected chi connectivity index (χ1v) is 11.3. The summed E-state index contributed by atoms with van der Waals surface area (Å²) in [5.41, 5.74) is 23.3. The molecule has 0 aromatic carbocycles. The highest BCUT2D eigenvalue weighted by Gasteiger charge is 2.33. The maximum absolute atomic E-state index is 12.7. The van der Waals surface area contributed by atoms with E-state index < -0.39 is 49.7 Å². The summed E-state index contributed by atoms with van der Waals surface area (Å²) in [7, 11) is 0. The van der Waals surface area contributed by atoms with Gasteiger partial charge in [0.1, 0.15) is 30.6 Å². The molecule has 9 unspecified atom stereocenters. The summed E-state index contributed by atoms with van der Waals surface area (Å²) in [6.45, 7) is 5.87. The molecular formula is C21H41FN6O6. The van der Waals surface area contributed by atoms with Gasteiger partial charge in [0.2, 0.25) is 0 Å². The van der Waals surface area contributed by atoms with Gasteiger partial charge < -0.3 is 52.5 Å². The second-order valence-electron chi connectivity index (χ2n) is 8.32. The minimum Gasteiger partial charge on any atom is -0.386 e. The number of aliphatic hydroxyl groups excluding tert-OH is 3.